The number of anilines is 1. The van der Waals surface area contributed by atoms with Gasteiger partial charge in [-0.15, -0.1) is 0 Å². The van der Waals surface area contributed by atoms with Gasteiger partial charge in [-0.25, -0.2) is 0 Å². The van der Waals surface area contributed by atoms with Crippen molar-refractivity contribution in [2.75, 3.05) is 5.32 Å². The number of carbonyl (C=O) groups is 2. The molecule has 0 unspecified atom stereocenters. The van der Waals surface area contributed by atoms with Gasteiger partial charge in [0, 0.05) is 16.0 Å². The van der Waals surface area contributed by atoms with E-state index in [2.05, 4.69) is 5.32 Å². The van der Waals surface area contributed by atoms with Gasteiger partial charge in [-0.1, -0.05) is 35.9 Å². The number of furan rings is 1. The highest BCUT2D eigenvalue weighted by atomic mass is 35.5. The number of amides is 2. The number of halogens is 1. The van der Waals surface area contributed by atoms with Crippen LogP contribution in [0.15, 0.2) is 77.2 Å². The van der Waals surface area contributed by atoms with E-state index in [1.54, 1.807) is 42.5 Å². The first-order valence-corrected chi connectivity index (χ1v) is 9.05. The van der Waals surface area contributed by atoms with Crippen LogP contribution in [0.1, 0.15) is 20.9 Å². The molecule has 6 nitrogen and oxygen atoms in total. The standard InChI is InChI=1S/C22H15ClN2O4/c23-14-9-10-18-17(12-14)19(20(29-18)21(24)26)25-22(27)13-5-4-8-16(11-13)28-15-6-2-1-3-7-15/h1-12H,(H2,24,26)(H,25,27). The van der Waals surface area contributed by atoms with Gasteiger partial charge in [0.05, 0.1) is 0 Å². The number of rotatable bonds is 5. The number of carbonyl (C=O) groups excluding carboxylic acids is 2. The fourth-order valence-corrected chi connectivity index (χ4v) is 3.05. The molecule has 0 fully saturated rings. The molecule has 7 heteroatoms. The maximum absolute atomic E-state index is 12.8. The molecule has 0 atom stereocenters. The molecule has 1 heterocycles. The van der Waals surface area contributed by atoms with Crippen LogP contribution in [0.5, 0.6) is 11.5 Å². The molecule has 4 rings (SSSR count). The number of ether oxygens (including phenoxy) is 1. The van der Waals surface area contributed by atoms with E-state index in [4.69, 9.17) is 26.5 Å². The lowest BCUT2D eigenvalue weighted by atomic mass is 10.1. The molecule has 4 aromatic rings. The van der Waals surface area contributed by atoms with Crippen molar-refractivity contribution in [1.82, 2.24) is 0 Å². The second-order valence-corrected chi connectivity index (χ2v) is 6.64. The molecule has 3 N–H and O–H groups in total. The zero-order valence-corrected chi connectivity index (χ0v) is 15.8. The molecule has 0 aliphatic rings. The van der Waals surface area contributed by atoms with Crippen molar-refractivity contribution in [2.45, 2.75) is 0 Å². The lowest BCUT2D eigenvalue weighted by Gasteiger charge is -2.08. The maximum atomic E-state index is 12.8. The molecular weight excluding hydrogens is 392 g/mol. The molecule has 0 aliphatic carbocycles. The average molecular weight is 407 g/mol. The Morgan fingerprint density at radius 1 is 0.931 bits per heavy atom. The van der Waals surface area contributed by atoms with E-state index in [1.165, 1.54) is 0 Å². The van der Waals surface area contributed by atoms with Crippen molar-refractivity contribution in [1.29, 1.82) is 0 Å². The third-order valence-corrected chi connectivity index (χ3v) is 4.42. The smallest absolute Gasteiger partial charge is 0.286 e. The zero-order chi connectivity index (χ0) is 20.4. The monoisotopic (exact) mass is 406 g/mol. The van der Waals surface area contributed by atoms with Crippen LogP contribution < -0.4 is 15.8 Å². The summed E-state index contributed by atoms with van der Waals surface area (Å²) in [5.74, 6) is -0.245. The summed E-state index contributed by atoms with van der Waals surface area (Å²) < 4.78 is 11.2. The van der Waals surface area contributed by atoms with E-state index in [0.29, 0.717) is 33.1 Å². The van der Waals surface area contributed by atoms with Crippen LogP contribution >= 0.6 is 11.6 Å². The summed E-state index contributed by atoms with van der Waals surface area (Å²) in [6, 6.07) is 20.7. The number of para-hydroxylation sites is 1. The summed E-state index contributed by atoms with van der Waals surface area (Å²) in [6.07, 6.45) is 0. The molecule has 29 heavy (non-hydrogen) atoms. The normalized spacial score (nSPS) is 10.7. The van der Waals surface area contributed by atoms with E-state index in [9.17, 15) is 9.59 Å². The summed E-state index contributed by atoms with van der Waals surface area (Å²) in [6.45, 7) is 0. The van der Waals surface area contributed by atoms with Crippen molar-refractivity contribution in [3.63, 3.8) is 0 Å². The maximum Gasteiger partial charge on any atom is 0.286 e. The van der Waals surface area contributed by atoms with E-state index >= 15 is 0 Å². The molecule has 2 amide bonds. The Bertz CT molecular complexity index is 1220. The first-order valence-electron chi connectivity index (χ1n) is 8.67. The molecule has 144 valence electrons. The van der Waals surface area contributed by atoms with E-state index in [1.807, 2.05) is 30.3 Å². The third kappa shape index (κ3) is 3.93. The van der Waals surface area contributed by atoms with Gasteiger partial charge in [0.15, 0.2) is 0 Å². The van der Waals surface area contributed by atoms with Crippen LogP contribution in [-0.4, -0.2) is 11.8 Å². The Hall–Kier alpha value is -3.77. The molecular formula is C22H15ClN2O4. The number of hydrogen-bond donors (Lipinski definition) is 2. The highest BCUT2D eigenvalue weighted by molar-refractivity contribution is 6.31. The SMILES string of the molecule is NC(=O)c1oc2ccc(Cl)cc2c1NC(=O)c1cccc(Oc2ccccc2)c1. The van der Waals surface area contributed by atoms with Gasteiger partial charge in [0.2, 0.25) is 5.76 Å². The number of hydrogen-bond acceptors (Lipinski definition) is 4. The third-order valence-electron chi connectivity index (χ3n) is 4.19. The van der Waals surface area contributed by atoms with Crippen LogP contribution in [0.2, 0.25) is 5.02 Å². The van der Waals surface area contributed by atoms with Gasteiger partial charge in [0.25, 0.3) is 11.8 Å². The molecule has 0 aliphatic heterocycles. The van der Waals surface area contributed by atoms with Crippen molar-refractivity contribution >= 4 is 40.1 Å². The highest BCUT2D eigenvalue weighted by Gasteiger charge is 2.21. The second-order valence-electron chi connectivity index (χ2n) is 6.21. The second kappa shape index (κ2) is 7.69. The van der Waals surface area contributed by atoms with Gasteiger partial charge in [-0.3, -0.25) is 9.59 Å². The summed E-state index contributed by atoms with van der Waals surface area (Å²) in [5, 5.41) is 3.62. The Morgan fingerprint density at radius 2 is 1.69 bits per heavy atom. The van der Waals surface area contributed by atoms with Gasteiger partial charge in [0.1, 0.15) is 22.8 Å². The minimum Gasteiger partial charge on any atom is -0.457 e. The quantitative estimate of drug-likeness (QED) is 0.474. The molecule has 0 saturated heterocycles. The van der Waals surface area contributed by atoms with E-state index in [-0.39, 0.29) is 11.4 Å². The zero-order valence-electron chi connectivity index (χ0n) is 15.0. The predicted octanol–water partition coefficient (Wildman–Crippen LogP) is 5.23. The largest absolute Gasteiger partial charge is 0.457 e. The lowest BCUT2D eigenvalue weighted by molar-refractivity contribution is 0.0977. The molecule has 0 spiro atoms. The fourth-order valence-electron chi connectivity index (χ4n) is 2.88. The van der Waals surface area contributed by atoms with Crippen LogP contribution in [0, 0.1) is 0 Å². The lowest BCUT2D eigenvalue weighted by Crippen LogP contribution is -2.17. The predicted molar refractivity (Wildman–Crippen MR) is 111 cm³/mol. The number of nitrogens with two attached hydrogens (primary N) is 1. The van der Waals surface area contributed by atoms with Gasteiger partial charge >= 0.3 is 0 Å². The molecule has 0 radical (unpaired) electrons. The minimum absolute atomic E-state index is 0.146. The molecule has 1 aromatic heterocycles. The van der Waals surface area contributed by atoms with Crippen LogP contribution in [0.4, 0.5) is 5.69 Å². The number of fused-ring (bicyclic) bond motifs is 1. The van der Waals surface area contributed by atoms with Gasteiger partial charge in [-0.2, -0.15) is 0 Å². The molecule has 0 saturated carbocycles. The van der Waals surface area contributed by atoms with Crippen molar-refractivity contribution < 1.29 is 18.7 Å². The molecule has 3 aromatic carbocycles. The van der Waals surface area contributed by atoms with Crippen molar-refractivity contribution in [2.24, 2.45) is 5.73 Å². The van der Waals surface area contributed by atoms with Gasteiger partial charge in [-0.05, 0) is 48.5 Å². The van der Waals surface area contributed by atoms with Crippen LogP contribution in [0.25, 0.3) is 11.0 Å². The van der Waals surface area contributed by atoms with Crippen molar-refractivity contribution in [3.05, 3.63) is 89.1 Å². The first kappa shape index (κ1) is 18.6. The fraction of sp³-hybridized carbons (Fsp3) is 0. The minimum atomic E-state index is -0.797. The summed E-state index contributed by atoms with van der Waals surface area (Å²) in [5.41, 5.74) is 6.31. The van der Waals surface area contributed by atoms with Gasteiger partial charge < -0.3 is 20.2 Å². The summed E-state index contributed by atoms with van der Waals surface area (Å²) in [4.78, 5) is 24.6. The number of primary amides is 1. The van der Waals surface area contributed by atoms with Crippen LogP contribution in [-0.2, 0) is 0 Å². The highest BCUT2D eigenvalue weighted by Crippen LogP contribution is 2.33. The number of nitrogens with one attached hydrogen (secondary N) is 1. The Kier molecular flexibility index (Phi) is 4.93. The Labute approximate surface area is 170 Å². The summed E-state index contributed by atoms with van der Waals surface area (Å²) in [7, 11) is 0. The Morgan fingerprint density at radius 3 is 2.45 bits per heavy atom. The van der Waals surface area contributed by atoms with Crippen LogP contribution in [0.3, 0.4) is 0 Å². The van der Waals surface area contributed by atoms with E-state index < -0.39 is 11.8 Å². The number of benzene rings is 3. The molecule has 0 bridgehead atoms. The topological polar surface area (TPSA) is 94.6 Å². The first-order chi connectivity index (χ1) is 14.0. The summed E-state index contributed by atoms with van der Waals surface area (Å²) >= 11 is 6.04. The Balaban J connectivity index is 1.65. The van der Waals surface area contributed by atoms with E-state index in [0.717, 1.165) is 0 Å². The average Bonchev–Trinajstić information content (AvgIpc) is 3.07. The van der Waals surface area contributed by atoms with Crippen molar-refractivity contribution in [3.8, 4) is 11.5 Å².